The van der Waals surface area contributed by atoms with Gasteiger partial charge in [-0.15, -0.1) is 0 Å². The smallest absolute Gasteiger partial charge is 0.220 e. The molecule has 4 heteroatoms. The van der Waals surface area contributed by atoms with Crippen molar-refractivity contribution < 1.29 is 4.79 Å². The maximum atomic E-state index is 12.2. The molecule has 1 atom stereocenters. The van der Waals surface area contributed by atoms with Crippen molar-refractivity contribution in [2.75, 3.05) is 6.54 Å². The number of para-hydroxylation sites is 1. The van der Waals surface area contributed by atoms with Gasteiger partial charge >= 0.3 is 0 Å². The van der Waals surface area contributed by atoms with Crippen molar-refractivity contribution in [3.63, 3.8) is 0 Å². The Hall–Kier alpha value is -2.26. The van der Waals surface area contributed by atoms with E-state index in [2.05, 4.69) is 22.4 Å². The topological polar surface area (TPSA) is 44.9 Å². The van der Waals surface area contributed by atoms with E-state index in [9.17, 15) is 4.79 Å². The number of H-pyrrole nitrogens is 1. The normalized spacial score (nSPS) is 12.5. The molecular weight excluding hydrogens is 332 g/mol. The molecule has 0 spiro atoms. The fourth-order valence-corrected chi connectivity index (χ4v) is 3.45. The minimum Gasteiger partial charge on any atom is -0.361 e. The van der Waals surface area contributed by atoms with Gasteiger partial charge in [0.25, 0.3) is 0 Å². The first kappa shape index (κ1) is 17.6. The van der Waals surface area contributed by atoms with E-state index in [-0.39, 0.29) is 11.8 Å². The van der Waals surface area contributed by atoms with Crippen molar-refractivity contribution in [2.24, 2.45) is 5.92 Å². The highest BCUT2D eigenvalue weighted by atomic mass is 35.5. The summed E-state index contributed by atoms with van der Waals surface area (Å²) in [5.41, 5.74) is 3.26. The van der Waals surface area contributed by atoms with Crippen LogP contribution < -0.4 is 5.32 Å². The number of rotatable bonds is 6. The fraction of sp³-hybridized carbons (Fsp3) is 0.286. The van der Waals surface area contributed by atoms with Crippen LogP contribution in [0.3, 0.4) is 0 Å². The van der Waals surface area contributed by atoms with Crippen LogP contribution in [0, 0.1) is 5.92 Å². The first-order chi connectivity index (χ1) is 12.1. The van der Waals surface area contributed by atoms with E-state index in [0.717, 1.165) is 27.1 Å². The Morgan fingerprint density at radius 3 is 2.56 bits per heavy atom. The summed E-state index contributed by atoms with van der Waals surface area (Å²) in [4.78, 5) is 15.5. The molecule has 0 aliphatic carbocycles. The van der Waals surface area contributed by atoms with Gasteiger partial charge in [-0.1, -0.05) is 61.8 Å². The predicted molar refractivity (Wildman–Crippen MR) is 104 cm³/mol. The van der Waals surface area contributed by atoms with Crippen LogP contribution in [0.25, 0.3) is 10.9 Å². The van der Waals surface area contributed by atoms with E-state index in [4.69, 9.17) is 11.6 Å². The molecule has 130 valence electrons. The Morgan fingerprint density at radius 2 is 1.80 bits per heavy atom. The lowest BCUT2D eigenvalue weighted by Crippen LogP contribution is -2.29. The summed E-state index contributed by atoms with van der Waals surface area (Å²) in [6, 6.07) is 16.0. The molecule has 0 fully saturated rings. The average Bonchev–Trinajstić information content (AvgIpc) is 3.00. The second-order valence-corrected chi connectivity index (χ2v) is 7.17. The van der Waals surface area contributed by atoms with E-state index in [1.807, 2.05) is 56.4 Å². The summed E-state index contributed by atoms with van der Waals surface area (Å²) in [5, 5.41) is 4.96. The van der Waals surface area contributed by atoms with Gasteiger partial charge in [0.2, 0.25) is 5.91 Å². The number of carbonyl (C=O) groups excluding carboxylic acids is 1. The number of carbonyl (C=O) groups is 1. The van der Waals surface area contributed by atoms with Crippen LogP contribution in [0.1, 0.15) is 37.3 Å². The van der Waals surface area contributed by atoms with Crippen LogP contribution in [0.4, 0.5) is 0 Å². The number of halogens is 1. The number of hydrogen-bond acceptors (Lipinski definition) is 1. The molecule has 0 saturated carbocycles. The lowest BCUT2D eigenvalue weighted by atomic mass is 9.90. The molecule has 1 unspecified atom stereocenters. The minimum atomic E-state index is 0.000891. The Labute approximate surface area is 153 Å². The third-order valence-electron chi connectivity index (χ3n) is 4.37. The summed E-state index contributed by atoms with van der Waals surface area (Å²) in [5.74, 6) is 0.416. The van der Waals surface area contributed by atoms with Gasteiger partial charge < -0.3 is 10.3 Å². The Morgan fingerprint density at radius 1 is 1.08 bits per heavy atom. The number of benzene rings is 2. The second-order valence-electron chi connectivity index (χ2n) is 6.77. The molecular formula is C21H23ClN2O. The maximum absolute atomic E-state index is 12.2. The Balaban J connectivity index is 1.95. The van der Waals surface area contributed by atoms with Crippen molar-refractivity contribution in [3.05, 3.63) is 70.9 Å². The van der Waals surface area contributed by atoms with Gasteiger partial charge in [0.05, 0.1) is 0 Å². The Kier molecular flexibility index (Phi) is 5.44. The number of nitrogens with one attached hydrogen (secondary N) is 2. The monoisotopic (exact) mass is 354 g/mol. The molecule has 1 heterocycles. The number of fused-ring (bicyclic) bond motifs is 1. The highest BCUT2D eigenvalue weighted by Crippen LogP contribution is 2.34. The first-order valence-electron chi connectivity index (χ1n) is 8.63. The van der Waals surface area contributed by atoms with Crippen LogP contribution in [0.15, 0.2) is 54.7 Å². The van der Waals surface area contributed by atoms with Crippen molar-refractivity contribution in [3.8, 4) is 0 Å². The van der Waals surface area contributed by atoms with Crippen molar-refractivity contribution in [1.82, 2.24) is 10.3 Å². The lowest BCUT2D eigenvalue weighted by Gasteiger charge is -2.20. The minimum absolute atomic E-state index is 0.000891. The number of aromatic nitrogens is 1. The molecule has 0 aliphatic rings. The van der Waals surface area contributed by atoms with Gasteiger partial charge in [-0.05, 0) is 29.2 Å². The highest BCUT2D eigenvalue weighted by molar-refractivity contribution is 6.31. The van der Waals surface area contributed by atoms with Crippen LogP contribution in [0.5, 0.6) is 0 Å². The molecule has 2 N–H and O–H groups in total. The van der Waals surface area contributed by atoms with E-state index < -0.39 is 0 Å². The van der Waals surface area contributed by atoms with Crippen LogP contribution >= 0.6 is 11.6 Å². The number of hydrogen-bond donors (Lipinski definition) is 2. The maximum Gasteiger partial charge on any atom is 0.220 e. The van der Waals surface area contributed by atoms with Gasteiger partial charge in [0, 0.05) is 41.0 Å². The van der Waals surface area contributed by atoms with Gasteiger partial charge in [0.15, 0.2) is 0 Å². The molecule has 1 amide bonds. The lowest BCUT2D eigenvalue weighted by molar-refractivity contribution is -0.121. The summed E-state index contributed by atoms with van der Waals surface area (Å²) in [6.45, 7) is 4.62. The van der Waals surface area contributed by atoms with E-state index in [1.54, 1.807) is 0 Å². The zero-order valence-electron chi connectivity index (χ0n) is 14.6. The molecule has 1 aromatic heterocycles. The first-order valence-corrected chi connectivity index (χ1v) is 9.01. The van der Waals surface area contributed by atoms with Crippen LogP contribution in [-0.2, 0) is 4.79 Å². The van der Waals surface area contributed by atoms with Crippen LogP contribution in [-0.4, -0.2) is 17.4 Å². The quantitative estimate of drug-likeness (QED) is 0.634. The van der Waals surface area contributed by atoms with Crippen molar-refractivity contribution in [1.29, 1.82) is 0 Å². The SMILES string of the molecule is CC(C)CC(=O)NCC(c1ccccc1Cl)c1c[nH]c2ccccc12. The fourth-order valence-electron chi connectivity index (χ4n) is 3.19. The number of amides is 1. The molecule has 0 bridgehead atoms. The van der Waals surface area contributed by atoms with Crippen molar-refractivity contribution >= 4 is 28.4 Å². The van der Waals surface area contributed by atoms with Gasteiger partial charge in [-0.3, -0.25) is 4.79 Å². The molecule has 25 heavy (non-hydrogen) atoms. The molecule has 3 rings (SSSR count). The average molecular weight is 355 g/mol. The molecule has 0 radical (unpaired) electrons. The Bertz CT molecular complexity index is 869. The standard InChI is InChI=1S/C21H23ClN2O/c1-14(2)11-21(25)24-13-17(15-7-3-5-9-19(15)22)18-12-23-20-10-6-4-8-16(18)20/h3-10,12,14,17,23H,11,13H2,1-2H3,(H,24,25). The molecule has 3 nitrogen and oxygen atoms in total. The highest BCUT2D eigenvalue weighted by Gasteiger charge is 2.21. The molecule has 2 aromatic carbocycles. The third-order valence-corrected chi connectivity index (χ3v) is 4.72. The summed E-state index contributed by atoms with van der Waals surface area (Å²) in [6.07, 6.45) is 2.55. The molecule has 0 saturated heterocycles. The predicted octanol–water partition coefficient (Wildman–Crippen LogP) is 5.12. The second kappa shape index (κ2) is 7.75. The summed E-state index contributed by atoms with van der Waals surface area (Å²) in [7, 11) is 0. The van der Waals surface area contributed by atoms with Gasteiger partial charge in [-0.2, -0.15) is 0 Å². The molecule has 3 aromatic rings. The van der Waals surface area contributed by atoms with E-state index in [0.29, 0.717) is 18.9 Å². The summed E-state index contributed by atoms with van der Waals surface area (Å²) >= 11 is 6.46. The summed E-state index contributed by atoms with van der Waals surface area (Å²) < 4.78 is 0. The molecule has 0 aliphatic heterocycles. The van der Waals surface area contributed by atoms with E-state index >= 15 is 0 Å². The van der Waals surface area contributed by atoms with E-state index in [1.165, 1.54) is 0 Å². The zero-order valence-corrected chi connectivity index (χ0v) is 15.3. The largest absolute Gasteiger partial charge is 0.361 e. The zero-order chi connectivity index (χ0) is 17.8. The van der Waals surface area contributed by atoms with Crippen molar-refractivity contribution in [2.45, 2.75) is 26.2 Å². The number of aromatic amines is 1. The third kappa shape index (κ3) is 4.05. The van der Waals surface area contributed by atoms with Crippen LogP contribution in [0.2, 0.25) is 5.02 Å². The van der Waals surface area contributed by atoms with Gasteiger partial charge in [-0.25, -0.2) is 0 Å². The van der Waals surface area contributed by atoms with Gasteiger partial charge in [0.1, 0.15) is 0 Å².